The molecule has 1 saturated heterocycles. The highest BCUT2D eigenvalue weighted by Crippen LogP contribution is 2.16. The minimum Gasteiger partial charge on any atom is -0.277 e. The highest BCUT2D eigenvalue weighted by atomic mass is 16.2. The molecule has 0 radical (unpaired) electrons. The number of amides is 4. The molecule has 2 rings (SSSR count). The molecule has 0 spiro atoms. The standard InChI is InChI=1S/C14H17N3O3/c1-2-4-11-12(18)16-14(20)17(13(11)19)8-6-10-5-3-7-15-9-10/h3,5,7,9,11H,2,4,6,8H2,1H3,(H,16,18,20). The van der Waals surface area contributed by atoms with E-state index in [1.54, 1.807) is 18.5 Å². The lowest BCUT2D eigenvalue weighted by Crippen LogP contribution is -2.58. The van der Waals surface area contributed by atoms with Crippen LogP contribution in [0.5, 0.6) is 0 Å². The van der Waals surface area contributed by atoms with Gasteiger partial charge in [-0.25, -0.2) is 4.79 Å². The fourth-order valence-electron chi connectivity index (χ4n) is 2.20. The Morgan fingerprint density at radius 1 is 1.35 bits per heavy atom. The summed E-state index contributed by atoms with van der Waals surface area (Å²) in [4.78, 5) is 40.7. The van der Waals surface area contributed by atoms with Gasteiger partial charge in [-0.3, -0.25) is 24.8 Å². The van der Waals surface area contributed by atoms with E-state index in [-0.39, 0.29) is 6.54 Å². The predicted octanol–water partition coefficient (Wildman–Crippen LogP) is 1.12. The van der Waals surface area contributed by atoms with E-state index in [0.717, 1.165) is 10.5 Å². The van der Waals surface area contributed by atoms with Gasteiger partial charge in [-0.15, -0.1) is 0 Å². The molecule has 2 heterocycles. The number of imide groups is 2. The van der Waals surface area contributed by atoms with Crippen molar-refractivity contribution in [1.29, 1.82) is 0 Å². The third-order valence-corrected chi connectivity index (χ3v) is 3.28. The number of hydrogen-bond acceptors (Lipinski definition) is 4. The summed E-state index contributed by atoms with van der Waals surface area (Å²) in [6.07, 6.45) is 5.06. The molecule has 1 fully saturated rings. The molecule has 0 aromatic carbocycles. The first kappa shape index (κ1) is 14.2. The molecule has 0 aliphatic carbocycles. The Kier molecular flexibility index (Phi) is 4.45. The van der Waals surface area contributed by atoms with Crippen LogP contribution in [-0.2, 0) is 16.0 Å². The molecule has 1 unspecified atom stereocenters. The Bertz CT molecular complexity index is 516. The molecule has 20 heavy (non-hydrogen) atoms. The fourth-order valence-corrected chi connectivity index (χ4v) is 2.20. The highest BCUT2D eigenvalue weighted by Gasteiger charge is 2.39. The maximum absolute atomic E-state index is 12.2. The van der Waals surface area contributed by atoms with Crippen LogP contribution in [0.15, 0.2) is 24.5 Å². The van der Waals surface area contributed by atoms with Gasteiger partial charge in [-0.2, -0.15) is 0 Å². The summed E-state index contributed by atoms with van der Waals surface area (Å²) >= 11 is 0. The molecule has 1 aliphatic rings. The summed E-state index contributed by atoms with van der Waals surface area (Å²) in [6.45, 7) is 2.15. The molecule has 6 heteroatoms. The second kappa shape index (κ2) is 6.27. The van der Waals surface area contributed by atoms with Gasteiger partial charge in [0.05, 0.1) is 0 Å². The van der Waals surface area contributed by atoms with Crippen LogP contribution in [0.25, 0.3) is 0 Å². The van der Waals surface area contributed by atoms with E-state index in [1.165, 1.54) is 0 Å². The van der Waals surface area contributed by atoms with E-state index in [0.29, 0.717) is 19.3 Å². The first-order valence-corrected chi connectivity index (χ1v) is 6.68. The number of carbonyl (C=O) groups excluding carboxylic acids is 3. The van der Waals surface area contributed by atoms with Gasteiger partial charge in [-0.1, -0.05) is 19.4 Å². The Balaban J connectivity index is 2.04. The molecule has 0 bridgehead atoms. The normalized spacial score (nSPS) is 19.1. The van der Waals surface area contributed by atoms with E-state index in [1.807, 2.05) is 13.0 Å². The lowest BCUT2D eigenvalue weighted by Gasteiger charge is -2.30. The lowest BCUT2D eigenvalue weighted by atomic mass is 9.99. The minimum atomic E-state index is -0.744. The zero-order chi connectivity index (χ0) is 14.5. The molecule has 1 N–H and O–H groups in total. The zero-order valence-electron chi connectivity index (χ0n) is 11.3. The van der Waals surface area contributed by atoms with Gasteiger partial charge >= 0.3 is 6.03 Å². The van der Waals surface area contributed by atoms with E-state index >= 15 is 0 Å². The summed E-state index contributed by atoms with van der Waals surface area (Å²) in [6, 6.07) is 3.06. The lowest BCUT2D eigenvalue weighted by molar-refractivity contribution is -0.142. The Morgan fingerprint density at radius 3 is 2.80 bits per heavy atom. The van der Waals surface area contributed by atoms with E-state index in [4.69, 9.17) is 0 Å². The van der Waals surface area contributed by atoms with Gasteiger partial charge in [0, 0.05) is 18.9 Å². The molecule has 1 aliphatic heterocycles. The largest absolute Gasteiger partial charge is 0.330 e. The average Bonchev–Trinajstić information content (AvgIpc) is 2.44. The number of nitrogens with one attached hydrogen (secondary N) is 1. The van der Waals surface area contributed by atoms with Crippen molar-refractivity contribution in [3.63, 3.8) is 0 Å². The Labute approximate surface area is 117 Å². The monoisotopic (exact) mass is 275 g/mol. The van der Waals surface area contributed by atoms with Crippen LogP contribution in [0.2, 0.25) is 0 Å². The molecule has 106 valence electrons. The Hall–Kier alpha value is -2.24. The fraction of sp³-hybridized carbons (Fsp3) is 0.429. The first-order chi connectivity index (χ1) is 9.63. The number of carbonyl (C=O) groups is 3. The topological polar surface area (TPSA) is 79.4 Å². The van der Waals surface area contributed by atoms with Crippen LogP contribution in [0.4, 0.5) is 4.79 Å². The van der Waals surface area contributed by atoms with E-state index in [2.05, 4.69) is 10.3 Å². The minimum absolute atomic E-state index is 0.254. The summed E-state index contributed by atoms with van der Waals surface area (Å²) in [5.41, 5.74) is 0.942. The zero-order valence-corrected chi connectivity index (χ0v) is 11.3. The molecular weight excluding hydrogens is 258 g/mol. The second-order valence-electron chi connectivity index (χ2n) is 4.74. The number of barbiturate groups is 1. The molecule has 1 aromatic heterocycles. The average molecular weight is 275 g/mol. The number of aromatic nitrogens is 1. The summed E-state index contributed by atoms with van der Waals surface area (Å²) in [5.74, 6) is -1.63. The van der Waals surface area contributed by atoms with Gasteiger partial charge in [-0.05, 0) is 24.5 Å². The van der Waals surface area contributed by atoms with Gasteiger partial charge in [0.15, 0.2) is 0 Å². The van der Waals surface area contributed by atoms with Crippen molar-refractivity contribution in [3.05, 3.63) is 30.1 Å². The molecule has 1 atom stereocenters. The van der Waals surface area contributed by atoms with Crippen LogP contribution >= 0.6 is 0 Å². The van der Waals surface area contributed by atoms with Crippen LogP contribution < -0.4 is 5.32 Å². The maximum atomic E-state index is 12.2. The molecule has 1 aromatic rings. The smallest absolute Gasteiger partial charge is 0.277 e. The molecule has 0 saturated carbocycles. The van der Waals surface area contributed by atoms with Crippen molar-refractivity contribution in [2.24, 2.45) is 5.92 Å². The third-order valence-electron chi connectivity index (χ3n) is 3.28. The second-order valence-corrected chi connectivity index (χ2v) is 4.74. The first-order valence-electron chi connectivity index (χ1n) is 6.68. The van der Waals surface area contributed by atoms with Crippen molar-refractivity contribution in [2.75, 3.05) is 6.54 Å². The number of nitrogens with zero attached hydrogens (tertiary/aromatic N) is 2. The van der Waals surface area contributed by atoms with Crippen molar-refractivity contribution in [3.8, 4) is 0 Å². The van der Waals surface area contributed by atoms with E-state index < -0.39 is 23.8 Å². The summed E-state index contributed by atoms with van der Waals surface area (Å²) in [5, 5.41) is 2.24. The summed E-state index contributed by atoms with van der Waals surface area (Å²) in [7, 11) is 0. The van der Waals surface area contributed by atoms with Crippen molar-refractivity contribution in [1.82, 2.24) is 15.2 Å². The number of pyridine rings is 1. The maximum Gasteiger partial charge on any atom is 0.330 e. The van der Waals surface area contributed by atoms with Crippen molar-refractivity contribution < 1.29 is 14.4 Å². The SMILES string of the molecule is CCCC1C(=O)NC(=O)N(CCc2cccnc2)C1=O. The van der Waals surface area contributed by atoms with Crippen LogP contribution in [0.1, 0.15) is 25.3 Å². The quantitative estimate of drug-likeness (QED) is 0.817. The molecule has 4 amide bonds. The van der Waals surface area contributed by atoms with Gasteiger partial charge in [0.25, 0.3) is 0 Å². The predicted molar refractivity (Wildman–Crippen MR) is 71.6 cm³/mol. The van der Waals surface area contributed by atoms with Gasteiger partial charge in [0.2, 0.25) is 11.8 Å². The van der Waals surface area contributed by atoms with E-state index in [9.17, 15) is 14.4 Å². The van der Waals surface area contributed by atoms with Crippen LogP contribution in [-0.4, -0.2) is 34.3 Å². The van der Waals surface area contributed by atoms with Crippen molar-refractivity contribution >= 4 is 17.8 Å². The van der Waals surface area contributed by atoms with Crippen LogP contribution in [0.3, 0.4) is 0 Å². The number of urea groups is 1. The van der Waals surface area contributed by atoms with Crippen LogP contribution in [0, 0.1) is 5.92 Å². The summed E-state index contributed by atoms with van der Waals surface area (Å²) < 4.78 is 0. The van der Waals surface area contributed by atoms with Gasteiger partial charge in [0.1, 0.15) is 5.92 Å². The van der Waals surface area contributed by atoms with Gasteiger partial charge < -0.3 is 0 Å². The Morgan fingerprint density at radius 2 is 2.15 bits per heavy atom. The molecule has 6 nitrogen and oxygen atoms in total. The van der Waals surface area contributed by atoms with Crippen molar-refractivity contribution in [2.45, 2.75) is 26.2 Å². The third kappa shape index (κ3) is 3.01. The highest BCUT2D eigenvalue weighted by molar-refractivity contribution is 6.16. The number of rotatable bonds is 5. The molecular formula is C14H17N3O3. The number of hydrogen-bond donors (Lipinski definition) is 1.